The van der Waals surface area contributed by atoms with Crippen molar-refractivity contribution in [1.82, 2.24) is 0 Å². The fourth-order valence-electron chi connectivity index (χ4n) is 9.83. The Labute approximate surface area is 213 Å². The van der Waals surface area contributed by atoms with Crippen LogP contribution in [0.1, 0.15) is 125 Å². The first-order chi connectivity index (χ1) is 16.3. The summed E-state index contributed by atoms with van der Waals surface area (Å²) in [5.41, 5.74) is 0.836. The van der Waals surface area contributed by atoms with E-state index in [0.29, 0.717) is 16.7 Å². The molecule has 202 valence electrons. The summed E-state index contributed by atoms with van der Waals surface area (Å²) < 4.78 is 32.1. The van der Waals surface area contributed by atoms with E-state index in [4.69, 9.17) is 4.74 Å². The number of hydrogen-bond donors (Lipinski definition) is 0. The fourth-order valence-corrected chi connectivity index (χ4v) is 9.83. The molecule has 4 rings (SSSR count). The molecular weight excluding hydrogens is 442 g/mol. The van der Waals surface area contributed by atoms with E-state index in [-0.39, 0.29) is 6.10 Å². The number of fused-ring (bicyclic) bond motifs is 5. The first-order valence-corrected chi connectivity index (χ1v) is 14.9. The number of carbonyl (C=O) groups excluding carboxylic acids is 1. The molecule has 2 nitrogen and oxygen atoms in total. The Kier molecular flexibility index (Phi) is 8.01. The van der Waals surface area contributed by atoms with Gasteiger partial charge in [0.05, 0.1) is 0 Å². The van der Waals surface area contributed by atoms with Crippen LogP contribution < -0.4 is 0 Å². The second-order valence-electron chi connectivity index (χ2n) is 14.3. The molecule has 4 aliphatic rings. The molecule has 0 spiro atoms. The van der Waals surface area contributed by atoms with Crippen LogP contribution in [-0.2, 0) is 9.53 Å². The van der Waals surface area contributed by atoms with Crippen molar-refractivity contribution in [3.63, 3.8) is 0 Å². The molecule has 0 bridgehead atoms. The Morgan fingerprint density at radius 3 is 2.31 bits per heavy atom. The maximum Gasteiger partial charge on any atom is 0.312 e. The number of alkyl halides is 2. The van der Waals surface area contributed by atoms with E-state index in [2.05, 4.69) is 34.6 Å². The van der Waals surface area contributed by atoms with Crippen molar-refractivity contribution in [3.05, 3.63) is 0 Å². The highest BCUT2D eigenvalue weighted by atomic mass is 19.3. The van der Waals surface area contributed by atoms with Crippen LogP contribution in [-0.4, -0.2) is 18.0 Å². The molecule has 0 aromatic carbocycles. The summed E-state index contributed by atoms with van der Waals surface area (Å²) in [6.07, 6.45) is 14.1. The molecule has 1 unspecified atom stereocenters. The molecule has 0 N–H and O–H groups in total. The maximum atomic E-state index is 13.2. The highest BCUT2D eigenvalue weighted by Crippen LogP contribution is 2.68. The first kappa shape index (κ1) is 27.4. The SMILES string of the molecule is CC(C)CCC[C@@H](C)[C@H]1CC[C@H]2[C@@H]3CC[C@H]4CC(OC(=O)CC(C)(F)F)CC[C@]4(C)[C@H]3CC[C@]12C. The van der Waals surface area contributed by atoms with Crippen molar-refractivity contribution < 1.29 is 18.3 Å². The van der Waals surface area contributed by atoms with Gasteiger partial charge in [-0.2, -0.15) is 0 Å². The topological polar surface area (TPSA) is 26.3 Å². The third-order valence-electron chi connectivity index (χ3n) is 11.6. The molecule has 0 aromatic rings. The molecule has 0 radical (unpaired) electrons. The van der Waals surface area contributed by atoms with Crippen LogP contribution in [0.4, 0.5) is 8.78 Å². The van der Waals surface area contributed by atoms with Gasteiger partial charge in [0.25, 0.3) is 5.92 Å². The minimum atomic E-state index is -2.99. The Hall–Kier alpha value is -0.670. The normalized spacial score (nSPS) is 42.2. The maximum absolute atomic E-state index is 13.2. The number of carbonyl (C=O) groups is 1. The second-order valence-corrected chi connectivity index (χ2v) is 14.3. The van der Waals surface area contributed by atoms with Gasteiger partial charge in [-0.3, -0.25) is 4.79 Å². The average Bonchev–Trinajstić information content (AvgIpc) is 3.09. The Morgan fingerprint density at radius 1 is 0.943 bits per heavy atom. The van der Waals surface area contributed by atoms with Crippen molar-refractivity contribution in [1.29, 1.82) is 0 Å². The molecule has 0 aliphatic heterocycles. The minimum Gasteiger partial charge on any atom is -0.462 e. The second kappa shape index (κ2) is 10.2. The van der Waals surface area contributed by atoms with Gasteiger partial charge in [0.2, 0.25) is 0 Å². The van der Waals surface area contributed by atoms with Crippen LogP contribution in [0.2, 0.25) is 0 Å². The zero-order valence-corrected chi connectivity index (χ0v) is 23.4. The lowest BCUT2D eigenvalue weighted by Gasteiger charge is -2.61. The molecule has 4 fully saturated rings. The highest BCUT2D eigenvalue weighted by molar-refractivity contribution is 5.70. The van der Waals surface area contributed by atoms with E-state index >= 15 is 0 Å². The van der Waals surface area contributed by atoms with Gasteiger partial charge in [0.1, 0.15) is 12.5 Å². The molecule has 4 aliphatic carbocycles. The van der Waals surface area contributed by atoms with Crippen LogP contribution in [0, 0.1) is 52.3 Å². The molecule has 35 heavy (non-hydrogen) atoms. The molecular formula is C31H52F2O2. The predicted molar refractivity (Wildman–Crippen MR) is 138 cm³/mol. The van der Waals surface area contributed by atoms with Gasteiger partial charge < -0.3 is 4.74 Å². The smallest absolute Gasteiger partial charge is 0.312 e. The van der Waals surface area contributed by atoms with E-state index in [1.54, 1.807) is 0 Å². The van der Waals surface area contributed by atoms with Crippen molar-refractivity contribution >= 4 is 5.97 Å². The number of ether oxygens (including phenoxy) is 1. The number of hydrogen-bond acceptors (Lipinski definition) is 2. The van der Waals surface area contributed by atoms with E-state index < -0.39 is 18.3 Å². The Balaban J connectivity index is 1.38. The summed E-state index contributed by atoms with van der Waals surface area (Å²) in [5.74, 6) is 1.89. The van der Waals surface area contributed by atoms with Gasteiger partial charge in [-0.25, -0.2) is 8.78 Å². The van der Waals surface area contributed by atoms with E-state index in [1.165, 1.54) is 57.8 Å². The fraction of sp³-hybridized carbons (Fsp3) is 0.968. The summed E-state index contributed by atoms with van der Waals surface area (Å²) in [6.45, 7) is 13.2. The standard InChI is InChI=1S/C31H52F2O2/c1-20(2)8-7-9-21(3)25-12-13-26-24-11-10-22-18-23(35-28(34)19-31(6,32)33)14-16-29(22,4)27(24)15-17-30(25,26)5/h20-27H,7-19H2,1-6H3/t21-,22+,23?,24+,25-,26+,27+,29+,30-/m1/s1. The molecule has 0 amide bonds. The van der Waals surface area contributed by atoms with Gasteiger partial charge in [-0.15, -0.1) is 0 Å². The van der Waals surface area contributed by atoms with E-state index in [9.17, 15) is 13.6 Å². The van der Waals surface area contributed by atoms with E-state index in [1.807, 2.05) is 0 Å². The molecule has 4 heteroatoms. The van der Waals surface area contributed by atoms with Gasteiger partial charge in [-0.1, -0.05) is 53.9 Å². The summed E-state index contributed by atoms with van der Waals surface area (Å²) in [4.78, 5) is 12.0. The number of esters is 1. The van der Waals surface area contributed by atoms with Gasteiger partial charge in [-0.05, 0) is 117 Å². The molecule has 9 atom stereocenters. The van der Waals surface area contributed by atoms with Crippen molar-refractivity contribution in [2.24, 2.45) is 52.3 Å². The first-order valence-electron chi connectivity index (χ1n) is 14.9. The quantitative estimate of drug-likeness (QED) is 0.315. The Morgan fingerprint density at radius 2 is 1.63 bits per heavy atom. The summed E-state index contributed by atoms with van der Waals surface area (Å²) >= 11 is 0. The predicted octanol–water partition coefficient (Wildman–Crippen LogP) is 9.06. The lowest BCUT2D eigenvalue weighted by Crippen LogP contribution is -2.54. The minimum absolute atomic E-state index is 0.170. The summed E-state index contributed by atoms with van der Waals surface area (Å²) in [7, 11) is 0. The lowest BCUT2D eigenvalue weighted by atomic mass is 9.44. The van der Waals surface area contributed by atoms with Crippen LogP contribution >= 0.6 is 0 Å². The molecule has 4 saturated carbocycles. The molecule has 0 saturated heterocycles. The Bertz CT molecular complexity index is 745. The van der Waals surface area contributed by atoms with Gasteiger partial charge in [0.15, 0.2) is 0 Å². The van der Waals surface area contributed by atoms with Crippen LogP contribution in [0.5, 0.6) is 0 Å². The summed E-state index contributed by atoms with van der Waals surface area (Å²) in [6, 6.07) is 0. The lowest BCUT2D eigenvalue weighted by molar-refractivity contribution is -0.168. The molecule has 0 heterocycles. The van der Waals surface area contributed by atoms with Crippen LogP contribution in [0.25, 0.3) is 0 Å². The number of halogens is 2. The zero-order valence-electron chi connectivity index (χ0n) is 23.4. The highest BCUT2D eigenvalue weighted by Gasteiger charge is 2.60. The summed E-state index contributed by atoms with van der Waals surface area (Å²) in [5, 5.41) is 0. The van der Waals surface area contributed by atoms with Gasteiger partial charge in [0, 0.05) is 0 Å². The number of rotatable bonds is 8. The van der Waals surface area contributed by atoms with Crippen molar-refractivity contribution in [2.45, 2.75) is 137 Å². The average molecular weight is 495 g/mol. The molecule has 0 aromatic heterocycles. The van der Waals surface area contributed by atoms with Crippen molar-refractivity contribution in [2.75, 3.05) is 0 Å². The van der Waals surface area contributed by atoms with Crippen LogP contribution in [0.15, 0.2) is 0 Å². The van der Waals surface area contributed by atoms with Crippen molar-refractivity contribution in [3.8, 4) is 0 Å². The van der Waals surface area contributed by atoms with Gasteiger partial charge >= 0.3 is 5.97 Å². The third-order valence-corrected chi connectivity index (χ3v) is 11.6. The largest absolute Gasteiger partial charge is 0.462 e. The zero-order chi connectivity index (χ0) is 25.6. The van der Waals surface area contributed by atoms with E-state index in [0.717, 1.165) is 61.7 Å². The van der Waals surface area contributed by atoms with Crippen LogP contribution in [0.3, 0.4) is 0 Å². The monoisotopic (exact) mass is 494 g/mol. The third kappa shape index (κ3) is 5.62.